The van der Waals surface area contributed by atoms with Crippen LogP contribution in [0.1, 0.15) is 19.8 Å². The molecule has 0 bridgehead atoms. The number of piperazine rings is 1. The van der Waals surface area contributed by atoms with Crippen molar-refractivity contribution in [1.29, 1.82) is 0 Å². The van der Waals surface area contributed by atoms with Crippen molar-refractivity contribution >= 4 is 11.6 Å². The van der Waals surface area contributed by atoms with Crippen molar-refractivity contribution in [2.45, 2.75) is 19.8 Å². The molecule has 0 amide bonds. The van der Waals surface area contributed by atoms with E-state index in [0.717, 1.165) is 38.7 Å². The molecule has 6 heteroatoms. The second-order valence-electron chi connectivity index (χ2n) is 7.31. The lowest BCUT2D eigenvalue weighted by Crippen LogP contribution is -2.53. The van der Waals surface area contributed by atoms with E-state index in [0.29, 0.717) is 11.6 Å². The molecule has 2 aliphatic heterocycles. The van der Waals surface area contributed by atoms with Gasteiger partial charge in [0.25, 0.3) is 0 Å². The molecule has 0 aromatic heterocycles. The molecule has 2 fully saturated rings. The predicted octanol–water partition coefficient (Wildman–Crippen LogP) is 2.26. The molecule has 1 N–H and O–H groups in total. The maximum Gasteiger partial charge on any atom is 0.193 e. The number of likely N-dealkylation sites (tertiary alicyclic amines) is 1. The highest BCUT2D eigenvalue weighted by atomic mass is 19.1. The second-order valence-corrected chi connectivity index (χ2v) is 7.31. The molecule has 2 heterocycles. The van der Waals surface area contributed by atoms with E-state index < -0.39 is 0 Å². The van der Waals surface area contributed by atoms with Crippen LogP contribution in [0.15, 0.2) is 29.3 Å². The number of nitrogens with zero attached hydrogens (tertiary/aromatic N) is 4. The number of guanidine groups is 1. The maximum absolute atomic E-state index is 14.0. The Labute approximate surface area is 156 Å². The van der Waals surface area contributed by atoms with E-state index in [4.69, 9.17) is 0 Å². The second kappa shape index (κ2) is 9.21. The van der Waals surface area contributed by atoms with Crippen LogP contribution >= 0.6 is 0 Å². The molecule has 1 atom stereocenters. The first kappa shape index (κ1) is 19.0. The van der Waals surface area contributed by atoms with Crippen LogP contribution < -0.4 is 10.2 Å². The average molecular weight is 362 g/mol. The summed E-state index contributed by atoms with van der Waals surface area (Å²) >= 11 is 0. The normalized spacial score (nSPS) is 22.1. The van der Waals surface area contributed by atoms with E-state index in [9.17, 15) is 4.39 Å². The summed E-state index contributed by atoms with van der Waals surface area (Å²) in [5, 5.41) is 3.57. The Morgan fingerprint density at radius 1 is 1.19 bits per heavy atom. The first-order valence-corrected chi connectivity index (χ1v) is 9.88. The number of hydrogen-bond acceptors (Lipinski definition) is 3. The smallest absolute Gasteiger partial charge is 0.193 e. The Bertz CT molecular complexity index is 598. The van der Waals surface area contributed by atoms with Crippen molar-refractivity contribution in [3.05, 3.63) is 30.1 Å². The highest BCUT2D eigenvalue weighted by Crippen LogP contribution is 2.20. The quantitative estimate of drug-likeness (QED) is 0.644. The number of hydrogen-bond donors (Lipinski definition) is 1. The van der Waals surface area contributed by atoms with E-state index in [1.54, 1.807) is 6.07 Å². The van der Waals surface area contributed by atoms with Gasteiger partial charge in [-0.2, -0.15) is 0 Å². The number of anilines is 1. The SMILES string of the molecule is CCCN1CCC(CNC(=NC)N2CCN(c3ccccc3F)CC2)C1. The fourth-order valence-electron chi connectivity index (χ4n) is 4.03. The summed E-state index contributed by atoms with van der Waals surface area (Å²) in [7, 11) is 1.85. The third-order valence-corrected chi connectivity index (χ3v) is 5.44. The van der Waals surface area contributed by atoms with Crippen molar-refractivity contribution in [1.82, 2.24) is 15.1 Å². The Morgan fingerprint density at radius 3 is 2.65 bits per heavy atom. The van der Waals surface area contributed by atoms with E-state index in [2.05, 4.69) is 31.9 Å². The number of rotatable bonds is 5. The van der Waals surface area contributed by atoms with Gasteiger partial charge in [0.15, 0.2) is 5.96 Å². The van der Waals surface area contributed by atoms with Gasteiger partial charge in [-0.15, -0.1) is 0 Å². The van der Waals surface area contributed by atoms with Gasteiger partial charge < -0.3 is 20.0 Å². The zero-order chi connectivity index (χ0) is 18.4. The molecule has 144 valence electrons. The van der Waals surface area contributed by atoms with E-state index >= 15 is 0 Å². The molecule has 26 heavy (non-hydrogen) atoms. The van der Waals surface area contributed by atoms with Crippen molar-refractivity contribution in [2.75, 3.05) is 64.3 Å². The largest absolute Gasteiger partial charge is 0.366 e. The molecular weight excluding hydrogens is 329 g/mol. The molecule has 1 aromatic carbocycles. The van der Waals surface area contributed by atoms with Crippen LogP contribution in [0.4, 0.5) is 10.1 Å². The number of para-hydroxylation sites is 1. The summed E-state index contributed by atoms with van der Waals surface area (Å²) in [5.74, 6) is 1.55. The van der Waals surface area contributed by atoms with Gasteiger partial charge in [0, 0.05) is 46.3 Å². The predicted molar refractivity (Wildman–Crippen MR) is 106 cm³/mol. The number of aliphatic imine (C=N–C) groups is 1. The molecule has 0 radical (unpaired) electrons. The zero-order valence-electron chi connectivity index (χ0n) is 16.1. The molecular formula is C20H32FN5. The van der Waals surface area contributed by atoms with Gasteiger partial charge in [-0.05, 0) is 44.0 Å². The summed E-state index contributed by atoms with van der Waals surface area (Å²) in [6.07, 6.45) is 2.50. The summed E-state index contributed by atoms with van der Waals surface area (Å²) in [4.78, 5) is 11.4. The molecule has 5 nitrogen and oxygen atoms in total. The Hall–Kier alpha value is -1.82. The molecule has 0 aliphatic carbocycles. The first-order chi connectivity index (χ1) is 12.7. The van der Waals surface area contributed by atoms with Gasteiger partial charge in [0.2, 0.25) is 0 Å². The van der Waals surface area contributed by atoms with Crippen LogP contribution in [-0.2, 0) is 0 Å². The van der Waals surface area contributed by atoms with Crippen LogP contribution in [-0.4, -0.2) is 75.2 Å². The number of nitrogens with one attached hydrogen (secondary N) is 1. The molecule has 3 rings (SSSR count). The molecule has 0 spiro atoms. The fraction of sp³-hybridized carbons (Fsp3) is 0.650. The first-order valence-electron chi connectivity index (χ1n) is 9.88. The topological polar surface area (TPSA) is 34.1 Å². The molecule has 2 aliphatic rings. The van der Waals surface area contributed by atoms with Crippen molar-refractivity contribution in [3.63, 3.8) is 0 Å². The van der Waals surface area contributed by atoms with E-state index in [1.165, 1.54) is 38.5 Å². The highest BCUT2D eigenvalue weighted by Gasteiger charge is 2.24. The van der Waals surface area contributed by atoms with Crippen LogP contribution in [0.2, 0.25) is 0 Å². The number of halogens is 1. The standard InChI is InChI=1S/C20H32FN5/c1-3-9-24-10-8-17(16-24)15-23-20(22-2)26-13-11-25(12-14-26)19-7-5-4-6-18(19)21/h4-7,17H,3,8-16H2,1-2H3,(H,22,23). The van der Waals surface area contributed by atoms with Gasteiger partial charge in [-0.3, -0.25) is 4.99 Å². The fourth-order valence-corrected chi connectivity index (χ4v) is 4.03. The monoisotopic (exact) mass is 361 g/mol. The van der Waals surface area contributed by atoms with Gasteiger partial charge in [-0.25, -0.2) is 4.39 Å². The lowest BCUT2D eigenvalue weighted by atomic mass is 10.1. The zero-order valence-corrected chi connectivity index (χ0v) is 16.1. The lowest BCUT2D eigenvalue weighted by molar-refractivity contribution is 0.322. The van der Waals surface area contributed by atoms with Crippen LogP contribution in [0.25, 0.3) is 0 Å². The minimum atomic E-state index is -0.138. The van der Waals surface area contributed by atoms with Crippen molar-refractivity contribution < 1.29 is 4.39 Å². The minimum absolute atomic E-state index is 0.138. The maximum atomic E-state index is 14.0. The van der Waals surface area contributed by atoms with Crippen LogP contribution in [0.5, 0.6) is 0 Å². The van der Waals surface area contributed by atoms with Crippen LogP contribution in [0.3, 0.4) is 0 Å². The van der Waals surface area contributed by atoms with Gasteiger partial charge in [0.05, 0.1) is 5.69 Å². The third-order valence-electron chi connectivity index (χ3n) is 5.44. The number of benzene rings is 1. The highest BCUT2D eigenvalue weighted by molar-refractivity contribution is 5.80. The summed E-state index contributed by atoms with van der Waals surface area (Å²) in [6.45, 7) is 10.2. The lowest BCUT2D eigenvalue weighted by Gasteiger charge is -2.38. The summed E-state index contributed by atoms with van der Waals surface area (Å²) in [6, 6.07) is 7.03. The van der Waals surface area contributed by atoms with Crippen LogP contribution in [0, 0.1) is 11.7 Å². The minimum Gasteiger partial charge on any atom is -0.366 e. The summed E-state index contributed by atoms with van der Waals surface area (Å²) in [5.41, 5.74) is 0.706. The van der Waals surface area contributed by atoms with Crippen molar-refractivity contribution in [3.8, 4) is 0 Å². The molecule has 1 aromatic rings. The Morgan fingerprint density at radius 2 is 1.96 bits per heavy atom. The molecule has 1 unspecified atom stereocenters. The van der Waals surface area contributed by atoms with E-state index in [1.807, 2.05) is 19.2 Å². The van der Waals surface area contributed by atoms with Gasteiger partial charge in [0.1, 0.15) is 5.82 Å². The average Bonchev–Trinajstić information content (AvgIpc) is 3.11. The van der Waals surface area contributed by atoms with Gasteiger partial charge in [-0.1, -0.05) is 19.1 Å². The van der Waals surface area contributed by atoms with Crippen molar-refractivity contribution in [2.24, 2.45) is 10.9 Å². The Balaban J connectivity index is 1.46. The Kier molecular flexibility index (Phi) is 6.72. The molecule has 2 saturated heterocycles. The van der Waals surface area contributed by atoms with E-state index in [-0.39, 0.29) is 5.82 Å². The van der Waals surface area contributed by atoms with Gasteiger partial charge >= 0.3 is 0 Å². The summed E-state index contributed by atoms with van der Waals surface area (Å²) < 4.78 is 14.0. The third kappa shape index (κ3) is 4.67. The molecule has 0 saturated carbocycles.